The summed E-state index contributed by atoms with van der Waals surface area (Å²) in [6, 6.07) is 16.3. The maximum absolute atomic E-state index is 12.5. The molecule has 0 N–H and O–H groups in total. The number of anilines is 1. The Morgan fingerprint density at radius 1 is 1.12 bits per heavy atom. The van der Waals surface area contributed by atoms with Crippen molar-refractivity contribution in [3.63, 3.8) is 0 Å². The molecule has 0 radical (unpaired) electrons. The van der Waals surface area contributed by atoms with Crippen LogP contribution in [0.4, 0.5) is 5.69 Å². The molecule has 2 aromatic rings. The fourth-order valence-corrected chi connectivity index (χ4v) is 7.52. The number of halogens is 1. The molecule has 0 unspecified atom stereocenters. The average molecular weight is 451 g/mol. The van der Waals surface area contributed by atoms with Gasteiger partial charge in [0.25, 0.3) is 5.91 Å². The zero-order valence-electron chi connectivity index (χ0n) is 13.6. The van der Waals surface area contributed by atoms with Crippen molar-refractivity contribution in [2.45, 2.75) is 11.3 Å². The Morgan fingerprint density at radius 3 is 2.62 bits per heavy atom. The number of hydrogen-bond acceptors (Lipinski definition) is 4. The van der Waals surface area contributed by atoms with Gasteiger partial charge in [0, 0.05) is 21.0 Å². The minimum Gasteiger partial charge on any atom is -0.316 e. The summed E-state index contributed by atoms with van der Waals surface area (Å²) in [5.41, 5.74) is 1.34. The molecule has 2 atom stereocenters. The van der Waals surface area contributed by atoms with Crippen molar-refractivity contribution in [2.75, 3.05) is 16.4 Å². The molecule has 4 rings (SSSR count). The number of sulfone groups is 1. The van der Waals surface area contributed by atoms with Crippen molar-refractivity contribution in [1.29, 1.82) is 0 Å². The standard InChI is InChI=1S/C18H15BrN2O3S2/c19-13-7-4-8-14(9-13)21-15-10-26(23,24)11-16(15)25-18(21)20-17(22)12-5-2-1-3-6-12/h1-9,15-16H,10-11H2/t15-,16-/m0/s1. The van der Waals surface area contributed by atoms with Gasteiger partial charge in [0.15, 0.2) is 15.0 Å². The third-order valence-corrected chi connectivity index (χ3v) is 8.07. The molecule has 2 heterocycles. The number of nitrogens with zero attached hydrogens (tertiary/aromatic N) is 2. The molecule has 2 fully saturated rings. The van der Waals surface area contributed by atoms with E-state index in [1.54, 1.807) is 24.3 Å². The quantitative estimate of drug-likeness (QED) is 0.701. The molecular weight excluding hydrogens is 436 g/mol. The zero-order valence-corrected chi connectivity index (χ0v) is 16.8. The Kier molecular flexibility index (Phi) is 4.66. The Balaban J connectivity index is 1.74. The predicted octanol–water partition coefficient (Wildman–Crippen LogP) is 3.36. The van der Waals surface area contributed by atoms with Gasteiger partial charge in [-0.1, -0.05) is 52.0 Å². The molecule has 0 saturated carbocycles. The van der Waals surface area contributed by atoms with Crippen LogP contribution in [0, 0.1) is 0 Å². The smallest absolute Gasteiger partial charge is 0.279 e. The number of rotatable bonds is 2. The van der Waals surface area contributed by atoms with Crippen LogP contribution in [0.3, 0.4) is 0 Å². The van der Waals surface area contributed by atoms with E-state index in [0.29, 0.717) is 10.7 Å². The average Bonchev–Trinajstić information content (AvgIpc) is 3.06. The predicted molar refractivity (Wildman–Crippen MR) is 109 cm³/mol. The molecule has 0 aromatic heterocycles. The molecule has 0 aliphatic carbocycles. The molecule has 0 bridgehead atoms. The number of carbonyl (C=O) groups excluding carboxylic acids is 1. The van der Waals surface area contributed by atoms with Crippen molar-refractivity contribution in [3.8, 4) is 0 Å². The van der Waals surface area contributed by atoms with Gasteiger partial charge in [-0.25, -0.2) is 8.42 Å². The van der Waals surface area contributed by atoms with E-state index < -0.39 is 9.84 Å². The van der Waals surface area contributed by atoms with Crippen LogP contribution < -0.4 is 4.90 Å². The van der Waals surface area contributed by atoms with Gasteiger partial charge in [-0.15, -0.1) is 0 Å². The van der Waals surface area contributed by atoms with E-state index in [4.69, 9.17) is 0 Å². The van der Waals surface area contributed by atoms with E-state index in [-0.39, 0.29) is 28.7 Å². The normalized spacial score (nSPS) is 25.4. The van der Waals surface area contributed by atoms with Crippen LogP contribution in [0.1, 0.15) is 10.4 Å². The fraction of sp³-hybridized carbons (Fsp3) is 0.222. The van der Waals surface area contributed by atoms with Gasteiger partial charge in [0.05, 0.1) is 17.5 Å². The summed E-state index contributed by atoms with van der Waals surface area (Å²) in [7, 11) is -3.07. The van der Waals surface area contributed by atoms with Crippen LogP contribution in [0.5, 0.6) is 0 Å². The molecule has 134 valence electrons. The number of carbonyl (C=O) groups is 1. The minimum atomic E-state index is -3.07. The van der Waals surface area contributed by atoms with E-state index in [1.165, 1.54) is 11.8 Å². The summed E-state index contributed by atoms with van der Waals surface area (Å²) in [6.45, 7) is 0. The first kappa shape index (κ1) is 17.8. The van der Waals surface area contributed by atoms with Crippen LogP contribution in [0.15, 0.2) is 64.1 Å². The van der Waals surface area contributed by atoms with E-state index in [0.717, 1.165) is 10.2 Å². The number of hydrogen-bond donors (Lipinski definition) is 0. The first-order chi connectivity index (χ1) is 12.4. The van der Waals surface area contributed by atoms with Crippen molar-refractivity contribution in [1.82, 2.24) is 0 Å². The summed E-state index contributed by atoms with van der Waals surface area (Å²) in [5.74, 6) is -0.128. The van der Waals surface area contributed by atoms with Crippen LogP contribution in [-0.2, 0) is 9.84 Å². The molecular formula is C18H15BrN2O3S2. The second-order valence-corrected chi connectivity index (χ2v) is 10.5. The second-order valence-electron chi connectivity index (χ2n) is 6.22. The molecule has 2 aromatic carbocycles. The largest absolute Gasteiger partial charge is 0.316 e. The molecule has 2 saturated heterocycles. The Hall–Kier alpha value is -1.64. The number of fused-ring (bicyclic) bond motifs is 1. The van der Waals surface area contributed by atoms with Crippen molar-refractivity contribution >= 4 is 54.3 Å². The minimum absolute atomic E-state index is 0.0791. The number of benzene rings is 2. The first-order valence-corrected chi connectivity index (χ1v) is 11.5. The SMILES string of the molecule is O=C(N=C1S[C@H]2CS(=O)(=O)C[C@@H]2N1c1cccc(Br)c1)c1ccccc1. The van der Waals surface area contributed by atoms with Gasteiger partial charge in [0.2, 0.25) is 0 Å². The lowest BCUT2D eigenvalue weighted by Gasteiger charge is -2.24. The van der Waals surface area contributed by atoms with Gasteiger partial charge in [-0.3, -0.25) is 4.79 Å². The third kappa shape index (κ3) is 3.45. The highest BCUT2D eigenvalue weighted by atomic mass is 79.9. The summed E-state index contributed by atoms with van der Waals surface area (Å²) >= 11 is 4.83. The number of amidine groups is 1. The summed E-state index contributed by atoms with van der Waals surface area (Å²) in [6.07, 6.45) is 0. The second kappa shape index (κ2) is 6.83. The van der Waals surface area contributed by atoms with Gasteiger partial charge in [-0.05, 0) is 30.3 Å². The van der Waals surface area contributed by atoms with E-state index in [2.05, 4.69) is 20.9 Å². The maximum Gasteiger partial charge on any atom is 0.279 e. The third-order valence-electron chi connectivity index (χ3n) is 4.37. The van der Waals surface area contributed by atoms with Gasteiger partial charge in [-0.2, -0.15) is 4.99 Å². The lowest BCUT2D eigenvalue weighted by Crippen LogP contribution is -2.37. The van der Waals surface area contributed by atoms with Crippen LogP contribution >= 0.6 is 27.7 Å². The summed E-state index contributed by atoms with van der Waals surface area (Å²) in [4.78, 5) is 18.8. The molecule has 0 spiro atoms. The number of amides is 1. The Labute approximate surface area is 164 Å². The van der Waals surface area contributed by atoms with Crippen LogP contribution in [-0.4, -0.2) is 42.3 Å². The van der Waals surface area contributed by atoms with Crippen molar-refractivity contribution in [3.05, 3.63) is 64.6 Å². The molecule has 26 heavy (non-hydrogen) atoms. The molecule has 2 aliphatic rings. The highest BCUT2D eigenvalue weighted by Crippen LogP contribution is 2.41. The maximum atomic E-state index is 12.5. The van der Waals surface area contributed by atoms with E-state index >= 15 is 0 Å². The highest BCUT2D eigenvalue weighted by Gasteiger charge is 2.49. The molecule has 2 aliphatic heterocycles. The van der Waals surface area contributed by atoms with Crippen LogP contribution in [0.25, 0.3) is 0 Å². The van der Waals surface area contributed by atoms with Gasteiger partial charge < -0.3 is 4.90 Å². The first-order valence-electron chi connectivity index (χ1n) is 8.03. The summed E-state index contributed by atoms with van der Waals surface area (Å²) in [5, 5.41) is 0.447. The van der Waals surface area contributed by atoms with Crippen molar-refractivity contribution in [2.24, 2.45) is 4.99 Å². The Morgan fingerprint density at radius 2 is 1.88 bits per heavy atom. The lowest BCUT2D eigenvalue weighted by molar-refractivity contribution is 0.100. The molecule has 1 amide bonds. The fourth-order valence-electron chi connectivity index (χ4n) is 3.22. The van der Waals surface area contributed by atoms with Crippen LogP contribution in [0.2, 0.25) is 0 Å². The number of aliphatic imine (C=N–C) groups is 1. The Bertz CT molecular complexity index is 993. The topological polar surface area (TPSA) is 66.8 Å². The van der Waals surface area contributed by atoms with Gasteiger partial charge in [0.1, 0.15) is 0 Å². The monoisotopic (exact) mass is 450 g/mol. The van der Waals surface area contributed by atoms with E-state index in [9.17, 15) is 13.2 Å². The lowest BCUT2D eigenvalue weighted by atomic mass is 10.2. The summed E-state index contributed by atoms with van der Waals surface area (Å²) < 4.78 is 25.1. The van der Waals surface area contributed by atoms with E-state index in [1.807, 2.05) is 35.2 Å². The zero-order chi connectivity index (χ0) is 18.3. The van der Waals surface area contributed by atoms with Gasteiger partial charge >= 0.3 is 0 Å². The van der Waals surface area contributed by atoms with Crippen molar-refractivity contribution < 1.29 is 13.2 Å². The molecule has 5 nitrogen and oxygen atoms in total. The molecule has 8 heteroatoms. The number of thioether (sulfide) groups is 1. The highest BCUT2D eigenvalue weighted by molar-refractivity contribution is 9.10.